The van der Waals surface area contributed by atoms with Gasteiger partial charge in [-0.1, -0.05) is 55.5 Å². The van der Waals surface area contributed by atoms with Crippen LogP contribution in [0.4, 0.5) is 5.69 Å². The van der Waals surface area contributed by atoms with E-state index in [1.54, 1.807) is 0 Å². The third kappa shape index (κ3) is 1.75. The van der Waals surface area contributed by atoms with Crippen molar-refractivity contribution in [2.75, 3.05) is 4.90 Å². The SMILES string of the molecule is CC1(c2ccccc2)CC2CCC(=O)N2c2ccccc21. The van der Waals surface area contributed by atoms with Gasteiger partial charge in [0.2, 0.25) is 5.91 Å². The molecule has 2 aromatic rings. The van der Waals surface area contributed by atoms with Crippen LogP contribution in [0.25, 0.3) is 0 Å². The summed E-state index contributed by atoms with van der Waals surface area (Å²) in [4.78, 5) is 14.3. The lowest BCUT2D eigenvalue weighted by atomic mass is 9.69. The lowest BCUT2D eigenvalue weighted by Crippen LogP contribution is -2.45. The molecule has 2 aliphatic rings. The fourth-order valence-electron chi connectivity index (χ4n) is 4.08. The van der Waals surface area contributed by atoms with E-state index in [1.807, 2.05) is 11.0 Å². The third-order valence-corrected chi connectivity index (χ3v) is 5.14. The molecule has 106 valence electrons. The average Bonchev–Trinajstić information content (AvgIpc) is 2.89. The highest BCUT2D eigenvalue weighted by molar-refractivity contribution is 5.98. The summed E-state index contributed by atoms with van der Waals surface area (Å²) < 4.78 is 0. The number of carbonyl (C=O) groups excluding carboxylic acids is 1. The van der Waals surface area contributed by atoms with Crippen LogP contribution < -0.4 is 4.90 Å². The van der Waals surface area contributed by atoms with Gasteiger partial charge < -0.3 is 4.90 Å². The van der Waals surface area contributed by atoms with Crippen LogP contribution in [-0.4, -0.2) is 11.9 Å². The first-order chi connectivity index (χ1) is 10.2. The van der Waals surface area contributed by atoms with Gasteiger partial charge >= 0.3 is 0 Å². The van der Waals surface area contributed by atoms with Crippen molar-refractivity contribution in [2.24, 2.45) is 0 Å². The molecule has 0 aromatic heterocycles. The van der Waals surface area contributed by atoms with Crippen molar-refractivity contribution in [2.45, 2.75) is 37.6 Å². The molecule has 0 aliphatic carbocycles. The van der Waals surface area contributed by atoms with Crippen molar-refractivity contribution < 1.29 is 4.79 Å². The van der Waals surface area contributed by atoms with Crippen molar-refractivity contribution in [3.8, 4) is 0 Å². The molecular weight excluding hydrogens is 258 g/mol. The van der Waals surface area contributed by atoms with Crippen molar-refractivity contribution >= 4 is 11.6 Å². The van der Waals surface area contributed by atoms with E-state index in [0.717, 1.165) is 18.5 Å². The largest absolute Gasteiger partial charge is 0.309 e. The minimum Gasteiger partial charge on any atom is -0.309 e. The Morgan fingerprint density at radius 2 is 1.76 bits per heavy atom. The fourth-order valence-corrected chi connectivity index (χ4v) is 4.08. The zero-order valence-electron chi connectivity index (χ0n) is 12.3. The third-order valence-electron chi connectivity index (χ3n) is 5.14. The molecule has 0 spiro atoms. The highest BCUT2D eigenvalue weighted by Gasteiger charge is 2.45. The second-order valence-electron chi connectivity index (χ2n) is 6.38. The summed E-state index contributed by atoms with van der Waals surface area (Å²) in [5, 5.41) is 0. The molecule has 2 aliphatic heterocycles. The minimum absolute atomic E-state index is 0.0103. The number of carbonyl (C=O) groups is 1. The number of hydrogen-bond acceptors (Lipinski definition) is 1. The molecule has 4 rings (SSSR count). The monoisotopic (exact) mass is 277 g/mol. The first-order valence-electron chi connectivity index (χ1n) is 7.67. The number of anilines is 1. The van der Waals surface area contributed by atoms with E-state index in [1.165, 1.54) is 11.1 Å². The van der Waals surface area contributed by atoms with Gasteiger partial charge in [0.05, 0.1) is 0 Å². The fraction of sp³-hybridized carbons (Fsp3) is 0.316. The molecule has 21 heavy (non-hydrogen) atoms. The number of rotatable bonds is 1. The van der Waals surface area contributed by atoms with E-state index in [9.17, 15) is 4.79 Å². The standard InChI is InChI=1S/C19H19NO/c1-19(14-7-3-2-4-8-14)13-15-11-12-18(21)20(15)17-10-6-5-9-16(17)19/h2-10,15H,11-13H2,1H3. The van der Waals surface area contributed by atoms with Gasteiger partial charge in [0.15, 0.2) is 0 Å². The van der Waals surface area contributed by atoms with Gasteiger partial charge in [-0.3, -0.25) is 4.79 Å². The molecule has 2 atom stereocenters. The first-order valence-corrected chi connectivity index (χ1v) is 7.67. The predicted octanol–water partition coefficient (Wildman–Crippen LogP) is 3.89. The van der Waals surface area contributed by atoms with Crippen molar-refractivity contribution in [3.05, 3.63) is 65.7 Å². The number of para-hydroxylation sites is 1. The summed E-state index contributed by atoms with van der Waals surface area (Å²) in [6.07, 6.45) is 2.68. The molecule has 0 saturated carbocycles. The number of amides is 1. The Bertz CT molecular complexity index is 694. The molecule has 2 heteroatoms. The normalized spacial score (nSPS) is 27.4. The Labute approximate surface area is 125 Å². The van der Waals surface area contributed by atoms with Crippen molar-refractivity contribution in [1.82, 2.24) is 0 Å². The predicted molar refractivity (Wildman–Crippen MR) is 84.5 cm³/mol. The molecule has 0 radical (unpaired) electrons. The van der Waals surface area contributed by atoms with Crippen LogP contribution in [0.3, 0.4) is 0 Å². The summed E-state index contributed by atoms with van der Waals surface area (Å²) >= 11 is 0. The molecule has 2 aromatic carbocycles. The Morgan fingerprint density at radius 1 is 1.05 bits per heavy atom. The van der Waals surface area contributed by atoms with Crippen LogP contribution in [0.2, 0.25) is 0 Å². The van der Waals surface area contributed by atoms with Crippen molar-refractivity contribution in [3.63, 3.8) is 0 Å². The maximum absolute atomic E-state index is 12.2. The van der Waals surface area contributed by atoms with Crippen LogP contribution in [0, 0.1) is 0 Å². The molecule has 2 heterocycles. The van der Waals surface area contributed by atoms with Gasteiger partial charge in [-0.15, -0.1) is 0 Å². The molecular formula is C19H19NO. The molecule has 1 amide bonds. The quantitative estimate of drug-likeness (QED) is 0.774. The highest BCUT2D eigenvalue weighted by Crippen LogP contribution is 2.49. The average molecular weight is 277 g/mol. The minimum atomic E-state index is -0.0103. The number of nitrogens with zero attached hydrogens (tertiary/aromatic N) is 1. The van der Waals surface area contributed by atoms with E-state index in [-0.39, 0.29) is 11.3 Å². The van der Waals surface area contributed by atoms with Gasteiger partial charge in [-0.05, 0) is 30.0 Å². The van der Waals surface area contributed by atoms with E-state index in [2.05, 4.69) is 55.5 Å². The maximum Gasteiger partial charge on any atom is 0.227 e. The summed E-state index contributed by atoms with van der Waals surface area (Å²) in [5.41, 5.74) is 3.73. The number of fused-ring (bicyclic) bond motifs is 3. The summed E-state index contributed by atoms with van der Waals surface area (Å²) in [6.45, 7) is 2.32. The Kier molecular flexibility index (Phi) is 2.68. The summed E-state index contributed by atoms with van der Waals surface area (Å²) in [6, 6.07) is 19.5. The van der Waals surface area contributed by atoms with Gasteiger partial charge in [-0.25, -0.2) is 0 Å². The van der Waals surface area contributed by atoms with Gasteiger partial charge in [0, 0.05) is 23.6 Å². The first kappa shape index (κ1) is 12.6. The molecule has 1 fully saturated rings. The maximum atomic E-state index is 12.2. The number of benzene rings is 2. The molecule has 0 bridgehead atoms. The van der Waals surface area contributed by atoms with Crippen LogP contribution in [0.15, 0.2) is 54.6 Å². The van der Waals surface area contributed by atoms with E-state index >= 15 is 0 Å². The van der Waals surface area contributed by atoms with Crippen LogP contribution >= 0.6 is 0 Å². The van der Waals surface area contributed by atoms with Gasteiger partial charge in [0.1, 0.15) is 0 Å². The Balaban J connectivity index is 1.93. The highest BCUT2D eigenvalue weighted by atomic mass is 16.2. The van der Waals surface area contributed by atoms with E-state index in [0.29, 0.717) is 12.5 Å². The lowest BCUT2D eigenvalue weighted by Gasteiger charge is -2.44. The lowest BCUT2D eigenvalue weighted by molar-refractivity contribution is -0.117. The van der Waals surface area contributed by atoms with Gasteiger partial charge in [0.25, 0.3) is 0 Å². The summed E-state index contributed by atoms with van der Waals surface area (Å²) in [5.74, 6) is 0.280. The topological polar surface area (TPSA) is 20.3 Å². The van der Waals surface area contributed by atoms with Crippen LogP contribution in [0.5, 0.6) is 0 Å². The Hall–Kier alpha value is -2.09. The smallest absolute Gasteiger partial charge is 0.227 e. The summed E-state index contributed by atoms with van der Waals surface area (Å²) in [7, 11) is 0. The zero-order chi connectivity index (χ0) is 14.4. The Morgan fingerprint density at radius 3 is 2.57 bits per heavy atom. The van der Waals surface area contributed by atoms with E-state index < -0.39 is 0 Å². The second-order valence-corrected chi connectivity index (χ2v) is 6.38. The zero-order valence-corrected chi connectivity index (χ0v) is 12.3. The molecule has 1 saturated heterocycles. The van der Waals surface area contributed by atoms with Crippen LogP contribution in [-0.2, 0) is 10.2 Å². The molecule has 2 unspecified atom stereocenters. The van der Waals surface area contributed by atoms with Crippen molar-refractivity contribution in [1.29, 1.82) is 0 Å². The van der Waals surface area contributed by atoms with Gasteiger partial charge in [-0.2, -0.15) is 0 Å². The van der Waals surface area contributed by atoms with E-state index in [4.69, 9.17) is 0 Å². The second kappa shape index (κ2) is 4.45. The molecule has 2 nitrogen and oxygen atoms in total. The number of hydrogen-bond donors (Lipinski definition) is 0. The molecule has 0 N–H and O–H groups in total. The van der Waals surface area contributed by atoms with Crippen LogP contribution in [0.1, 0.15) is 37.3 Å².